The lowest BCUT2D eigenvalue weighted by molar-refractivity contribution is -0.0508. The van der Waals surface area contributed by atoms with Crippen molar-refractivity contribution in [1.82, 2.24) is 9.80 Å². The molecule has 2 fully saturated rings. The first-order chi connectivity index (χ1) is 18.3. The van der Waals surface area contributed by atoms with Crippen LogP contribution < -0.4 is 0 Å². The Labute approximate surface area is 223 Å². The minimum absolute atomic E-state index is 0.226. The van der Waals surface area contributed by atoms with E-state index in [4.69, 9.17) is 4.74 Å². The predicted octanol–water partition coefficient (Wildman–Crippen LogP) is 6.82. The molecular formula is C34H42N2O. The van der Waals surface area contributed by atoms with Gasteiger partial charge in [0.05, 0.1) is 12.2 Å². The third kappa shape index (κ3) is 6.17. The first-order valence-electron chi connectivity index (χ1n) is 14.6. The minimum atomic E-state index is 0.226. The fourth-order valence-corrected chi connectivity index (χ4v) is 6.94. The van der Waals surface area contributed by atoms with E-state index in [1.54, 1.807) is 0 Å². The second-order valence-corrected chi connectivity index (χ2v) is 11.5. The molecule has 2 unspecified atom stereocenters. The third-order valence-corrected chi connectivity index (χ3v) is 9.09. The number of fused-ring (bicyclic) bond motifs is 1. The highest BCUT2D eigenvalue weighted by molar-refractivity contribution is 5.32. The molecule has 0 radical (unpaired) electrons. The van der Waals surface area contributed by atoms with Crippen molar-refractivity contribution in [2.24, 2.45) is 0 Å². The monoisotopic (exact) mass is 494 g/mol. The van der Waals surface area contributed by atoms with Crippen LogP contribution >= 0.6 is 0 Å². The summed E-state index contributed by atoms with van der Waals surface area (Å²) in [5.41, 5.74) is 5.96. The number of hydrogen-bond acceptors (Lipinski definition) is 3. The van der Waals surface area contributed by atoms with Crippen LogP contribution in [0, 0.1) is 0 Å². The van der Waals surface area contributed by atoms with E-state index in [1.807, 2.05) is 0 Å². The van der Waals surface area contributed by atoms with Gasteiger partial charge in [-0.25, -0.2) is 0 Å². The van der Waals surface area contributed by atoms with Crippen molar-refractivity contribution >= 4 is 0 Å². The Balaban J connectivity index is 1.02. The zero-order valence-electron chi connectivity index (χ0n) is 22.2. The van der Waals surface area contributed by atoms with Crippen LogP contribution in [-0.4, -0.2) is 55.2 Å². The molecule has 3 heteroatoms. The van der Waals surface area contributed by atoms with E-state index in [2.05, 4.69) is 94.7 Å². The normalized spacial score (nSPS) is 24.1. The third-order valence-electron chi connectivity index (χ3n) is 9.09. The Kier molecular flexibility index (Phi) is 8.02. The topological polar surface area (TPSA) is 15.7 Å². The average molecular weight is 495 g/mol. The molecule has 37 heavy (non-hydrogen) atoms. The molecule has 0 aliphatic carbocycles. The van der Waals surface area contributed by atoms with Crippen LogP contribution in [0.4, 0.5) is 0 Å². The standard InChI is InChI=1S/C34H42N2O/c1-3-9-27(10-4-1)29-15-20-35(21-16-29)24-19-34-33-14-8-7-13-31(33)25-32(37-34)26-36-22-17-30(18-23-36)28-11-5-2-6-12-28/h1-14,29-30,32,34H,15-26H2. The number of likely N-dealkylation sites (tertiary alicyclic amines) is 2. The van der Waals surface area contributed by atoms with Crippen molar-refractivity contribution in [3.8, 4) is 0 Å². The van der Waals surface area contributed by atoms with Crippen molar-refractivity contribution in [3.05, 3.63) is 107 Å². The molecule has 3 aromatic carbocycles. The summed E-state index contributed by atoms with van der Waals surface area (Å²) < 4.78 is 6.84. The van der Waals surface area contributed by atoms with E-state index in [0.29, 0.717) is 12.0 Å². The van der Waals surface area contributed by atoms with Crippen LogP contribution in [0.15, 0.2) is 84.9 Å². The molecule has 0 spiro atoms. The summed E-state index contributed by atoms with van der Waals surface area (Å²) in [5, 5.41) is 0. The summed E-state index contributed by atoms with van der Waals surface area (Å²) in [6, 6.07) is 31.2. The van der Waals surface area contributed by atoms with E-state index in [9.17, 15) is 0 Å². The minimum Gasteiger partial charge on any atom is -0.369 e. The molecule has 0 saturated carbocycles. The Morgan fingerprint density at radius 3 is 1.78 bits per heavy atom. The molecule has 3 aliphatic rings. The maximum Gasteiger partial charge on any atom is 0.0844 e. The maximum absolute atomic E-state index is 6.84. The lowest BCUT2D eigenvalue weighted by atomic mass is 9.88. The highest BCUT2D eigenvalue weighted by Crippen LogP contribution is 2.35. The van der Waals surface area contributed by atoms with Crippen LogP contribution in [0.3, 0.4) is 0 Å². The zero-order chi connectivity index (χ0) is 24.9. The molecule has 3 nitrogen and oxygen atoms in total. The molecule has 194 valence electrons. The van der Waals surface area contributed by atoms with Gasteiger partial charge in [0.25, 0.3) is 0 Å². The molecule has 0 bridgehead atoms. The molecule has 3 heterocycles. The van der Waals surface area contributed by atoms with Crippen LogP contribution in [-0.2, 0) is 11.2 Å². The quantitative estimate of drug-likeness (QED) is 0.358. The second kappa shape index (κ2) is 11.9. The smallest absolute Gasteiger partial charge is 0.0844 e. The van der Waals surface area contributed by atoms with Crippen LogP contribution in [0.2, 0.25) is 0 Å². The van der Waals surface area contributed by atoms with Crippen molar-refractivity contribution in [2.75, 3.05) is 39.3 Å². The molecular weight excluding hydrogens is 452 g/mol. The SMILES string of the molecule is c1ccc(C2CCN(CCC3OC(CN4CCC(c5ccccc5)CC4)Cc4ccccc43)CC2)cc1. The molecule has 3 aromatic rings. The maximum atomic E-state index is 6.84. The number of nitrogens with zero attached hydrogens (tertiary/aromatic N) is 2. The van der Waals surface area contributed by atoms with Gasteiger partial charge < -0.3 is 14.5 Å². The van der Waals surface area contributed by atoms with Gasteiger partial charge in [0.1, 0.15) is 0 Å². The van der Waals surface area contributed by atoms with Gasteiger partial charge >= 0.3 is 0 Å². The summed E-state index contributed by atoms with van der Waals surface area (Å²) in [4.78, 5) is 5.33. The van der Waals surface area contributed by atoms with E-state index in [0.717, 1.165) is 31.8 Å². The van der Waals surface area contributed by atoms with Crippen LogP contribution in [0.1, 0.15) is 72.3 Å². The number of ether oxygens (including phenoxy) is 1. The van der Waals surface area contributed by atoms with E-state index in [-0.39, 0.29) is 6.10 Å². The fourth-order valence-electron chi connectivity index (χ4n) is 6.94. The average Bonchev–Trinajstić information content (AvgIpc) is 2.97. The van der Waals surface area contributed by atoms with Gasteiger partial charge in [-0.2, -0.15) is 0 Å². The van der Waals surface area contributed by atoms with Gasteiger partial charge in [0.15, 0.2) is 0 Å². The van der Waals surface area contributed by atoms with Gasteiger partial charge in [-0.3, -0.25) is 0 Å². The fraction of sp³-hybridized carbons (Fsp3) is 0.471. The molecule has 2 atom stereocenters. The van der Waals surface area contributed by atoms with E-state index in [1.165, 1.54) is 74.1 Å². The van der Waals surface area contributed by atoms with E-state index < -0.39 is 0 Å². The largest absolute Gasteiger partial charge is 0.369 e. The Hall–Kier alpha value is -2.46. The van der Waals surface area contributed by atoms with Crippen molar-refractivity contribution in [1.29, 1.82) is 0 Å². The number of piperidine rings is 2. The Morgan fingerprint density at radius 1 is 0.622 bits per heavy atom. The van der Waals surface area contributed by atoms with Crippen molar-refractivity contribution < 1.29 is 4.74 Å². The molecule has 0 aromatic heterocycles. The van der Waals surface area contributed by atoms with Crippen LogP contribution in [0.25, 0.3) is 0 Å². The zero-order valence-corrected chi connectivity index (χ0v) is 22.2. The van der Waals surface area contributed by atoms with E-state index >= 15 is 0 Å². The summed E-state index contributed by atoms with van der Waals surface area (Å²) in [5.74, 6) is 1.43. The Morgan fingerprint density at radius 2 is 1.16 bits per heavy atom. The van der Waals surface area contributed by atoms with Gasteiger partial charge in [-0.15, -0.1) is 0 Å². The van der Waals surface area contributed by atoms with Gasteiger partial charge in [-0.05, 0) is 92.4 Å². The van der Waals surface area contributed by atoms with Crippen LogP contribution in [0.5, 0.6) is 0 Å². The van der Waals surface area contributed by atoms with Gasteiger partial charge in [0.2, 0.25) is 0 Å². The molecule has 6 rings (SSSR count). The molecule has 2 saturated heterocycles. The van der Waals surface area contributed by atoms with Crippen molar-refractivity contribution in [3.63, 3.8) is 0 Å². The number of rotatable bonds is 7. The Bertz CT molecular complexity index is 1100. The first-order valence-corrected chi connectivity index (χ1v) is 14.6. The number of benzene rings is 3. The first kappa shape index (κ1) is 24.9. The molecule has 3 aliphatic heterocycles. The van der Waals surface area contributed by atoms with Gasteiger partial charge in [-0.1, -0.05) is 84.9 Å². The van der Waals surface area contributed by atoms with Gasteiger partial charge in [0, 0.05) is 19.5 Å². The summed E-state index contributed by atoms with van der Waals surface area (Å²) in [7, 11) is 0. The highest BCUT2D eigenvalue weighted by atomic mass is 16.5. The highest BCUT2D eigenvalue weighted by Gasteiger charge is 2.31. The number of hydrogen-bond donors (Lipinski definition) is 0. The predicted molar refractivity (Wildman–Crippen MR) is 152 cm³/mol. The lowest BCUT2D eigenvalue weighted by Gasteiger charge is -2.39. The molecule has 0 N–H and O–H groups in total. The summed E-state index contributed by atoms with van der Waals surface area (Å²) >= 11 is 0. The van der Waals surface area contributed by atoms with Crippen molar-refractivity contribution in [2.45, 2.75) is 62.6 Å². The molecule has 0 amide bonds. The lowest BCUT2D eigenvalue weighted by Crippen LogP contribution is -2.42. The summed E-state index contributed by atoms with van der Waals surface area (Å²) in [6.45, 7) is 6.97. The summed E-state index contributed by atoms with van der Waals surface area (Å²) in [6.07, 6.45) is 7.74. The second-order valence-electron chi connectivity index (χ2n) is 11.5.